The number of rotatable bonds is 8. The Morgan fingerprint density at radius 2 is 0.672 bits per heavy atom. The summed E-state index contributed by atoms with van der Waals surface area (Å²) in [6.45, 7) is 0. The third-order valence-electron chi connectivity index (χ3n) is 11.6. The lowest BCUT2D eigenvalue weighted by Crippen LogP contribution is -1.99. The molecule has 0 spiro atoms. The molecular weight excluding hydrogens is 739 g/mol. The first kappa shape index (κ1) is 36.0. The topological polar surface area (TPSA) is 30.7 Å². The third kappa shape index (κ3) is 6.88. The molecule has 0 atom stereocenters. The van der Waals surface area contributed by atoms with Gasteiger partial charge in [-0.1, -0.05) is 188 Å². The van der Waals surface area contributed by atoms with Gasteiger partial charge in [0.15, 0.2) is 5.82 Å². The van der Waals surface area contributed by atoms with E-state index in [4.69, 9.17) is 9.97 Å². The van der Waals surface area contributed by atoms with Gasteiger partial charge in [0, 0.05) is 22.2 Å². The normalized spacial score (nSPS) is 11.3. The van der Waals surface area contributed by atoms with E-state index in [0.29, 0.717) is 5.82 Å². The van der Waals surface area contributed by atoms with E-state index in [1.165, 1.54) is 44.5 Å². The number of benzene rings is 9. The molecule has 3 nitrogen and oxygen atoms in total. The zero-order chi connectivity index (χ0) is 40.5. The molecule has 2 aromatic heterocycles. The SMILES string of the molecule is c1ccc(-c2cc(-c3ccccc3)cc(-c3cccc(-c4cccc(-c5ccc(-c6nc(-c7ccccc7)c7c8ccccc8n(-c8ccccc8)c7n6)cc5)c4)c3)c2)cc1. The maximum atomic E-state index is 5.33. The summed E-state index contributed by atoms with van der Waals surface area (Å²) >= 11 is 0. The summed E-state index contributed by atoms with van der Waals surface area (Å²) in [5, 5.41) is 2.18. The summed E-state index contributed by atoms with van der Waals surface area (Å²) in [5.74, 6) is 0.690. The van der Waals surface area contributed by atoms with E-state index in [9.17, 15) is 0 Å². The van der Waals surface area contributed by atoms with Gasteiger partial charge in [0.05, 0.1) is 16.6 Å². The molecule has 2 heterocycles. The maximum absolute atomic E-state index is 5.33. The molecular formula is C58H39N3. The second kappa shape index (κ2) is 15.6. The van der Waals surface area contributed by atoms with Crippen LogP contribution in [-0.2, 0) is 0 Å². The molecule has 11 aromatic rings. The molecule has 0 fully saturated rings. The van der Waals surface area contributed by atoms with E-state index in [-0.39, 0.29) is 0 Å². The summed E-state index contributed by atoms with van der Waals surface area (Å²) in [6, 6.07) is 84.1. The van der Waals surface area contributed by atoms with Gasteiger partial charge < -0.3 is 0 Å². The molecule has 0 aliphatic heterocycles. The molecule has 0 radical (unpaired) electrons. The zero-order valence-corrected chi connectivity index (χ0v) is 33.4. The Kier molecular flexibility index (Phi) is 9.18. The molecule has 0 aliphatic carbocycles. The minimum absolute atomic E-state index is 0.690. The van der Waals surface area contributed by atoms with Crippen molar-refractivity contribution in [1.29, 1.82) is 0 Å². The van der Waals surface area contributed by atoms with Crippen LogP contribution in [0.4, 0.5) is 0 Å². The van der Waals surface area contributed by atoms with E-state index in [1.807, 2.05) is 6.07 Å². The fourth-order valence-electron chi connectivity index (χ4n) is 8.58. The number of fused-ring (bicyclic) bond motifs is 3. The molecule has 0 saturated carbocycles. The van der Waals surface area contributed by atoms with Gasteiger partial charge in [-0.05, 0) is 104 Å². The fourth-order valence-corrected chi connectivity index (χ4v) is 8.58. The monoisotopic (exact) mass is 777 g/mol. The van der Waals surface area contributed by atoms with Gasteiger partial charge in [-0.15, -0.1) is 0 Å². The minimum Gasteiger partial charge on any atom is -0.294 e. The van der Waals surface area contributed by atoms with Crippen LogP contribution >= 0.6 is 0 Å². The highest BCUT2D eigenvalue weighted by Crippen LogP contribution is 2.39. The smallest absolute Gasteiger partial charge is 0.162 e. The van der Waals surface area contributed by atoms with Gasteiger partial charge in [0.25, 0.3) is 0 Å². The summed E-state index contributed by atoms with van der Waals surface area (Å²) in [4.78, 5) is 10.6. The molecule has 286 valence electrons. The molecule has 0 unspecified atom stereocenters. The number of aromatic nitrogens is 3. The molecule has 0 bridgehead atoms. The van der Waals surface area contributed by atoms with Crippen molar-refractivity contribution in [2.24, 2.45) is 0 Å². The van der Waals surface area contributed by atoms with Crippen molar-refractivity contribution in [2.45, 2.75) is 0 Å². The van der Waals surface area contributed by atoms with Crippen LogP contribution in [0.25, 0.3) is 106 Å². The average molecular weight is 778 g/mol. The van der Waals surface area contributed by atoms with Gasteiger partial charge in [-0.2, -0.15) is 0 Å². The van der Waals surface area contributed by atoms with Crippen molar-refractivity contribution in [3.63, 3.8) is 0 Å². The van der Waals surface area contributed by atoms with Crippen LogP contribution in [0.15, 0.2) is 237 Å². The van der Waals surface area contributed by atoms with Crippen LogP contribution < -0.4 is 0 Å². The van der Waals surface area contributed by atoms with E-state index < -0.39 is 0 Å². The van der Waals surface area contributed by atoms with Crippen molar-refractivity contribution in [2.75, 3.05) is 0 Å². The van der Waals surface area contributed by atoms with Crippen LogP contribution in [0.2, 0.25) is 0 Å². The highest BCUT2D eigenvalue weighted by Gasteiger charge is 2.21. The third-order valence-corrected chi connectivity index (χ3v) is 11.6. The second-order valence-electron chi connectivity index (χ2n) is 15.4. The van der Waals surface area contributed by atoms with Crippen LogP contribution in [0.1, 0.15) is 0 Å². The lowest BCUT2D eigenvalue weighted by atomic mass is 9.92. The lowest BCUT2D eigenvalue weighted by molar-refractivity contribution is 1.11. The zero-order valence-electron chi connectivity index (χ0n) is 33.4. The number of hydrogen-bond donors (Lipinski definition) is 0. The summed E-state index contributed by atoms with van der Waals surface area (Å²) in [7, 11) is 0. The van der Waals surface area contributed by atoms with E-state index in [2.05, 4.69) is 235 Å². The number of nitrogens with zero attached hydrogens (tertiary/aromatic N) is 3. The Hall–Kier alpha value is -8.14. The molecule has 0 N–H and O–H groups in total. The Bertz CT molecular complexity index is 3260. The lowest BCUT2D eigenvalue weighted by Gasteiger charge is -2.13. The van der Waals surface area contributed by atoms with Crippen LogP contribution in [-0.4, -0.2) is 14.5 Å². The van der Waals surface area contributed by atoms with Gasteiger partial charge in [0.1, 0.15) is 5.65 Å². The maximum Gasteiger partial charge on any atom is 0.162 e. The predicted octanol–water partition coefficient (Wildman–Crippen LogP) is 15.2. The Morgan fingerprint density at radius 3 is 1.25 bits per heavy atom. The molecule has 0 saturated heterocycles. The van der Waals surface area contributed by atoms with Crippen molar-refractivity contribution in [3.05, 3.63) is 237 Å². The summed E-state index contributed by atoms with van der Waals surface area (Å²) in [6.07, 6.45) is 0. The van der Waals surface area contributed by atoms with E-state index in [0.717, 1.165) is 55.6 Å². The number of para-hydroxylation sites is 2. The van der Waals surface area contributed by atoms with Gasteiger partial charge in [0.2, 0.25) is 0 Å². The van der Waals surface area contributed by atoms with Crippen molar-refractivity contribution in [1.82, 2.24) is 14.5 Å². The fraction of sp³-hybridized carbons (Fsp3) is 0. The van der Waals surface area contributed by atoms with Gasteiger partial charge in [-0.25, -0.2) is 9.97 Å². The highest BCUT2D eigenvalue weighted by atomic mass is 15.1. The van der Waals surface area contributed by atoms with Crippen LogP contribution in [0.5, 0.6) is 0 Å². The first-order valence-corrected chi connectivity index (χ1v) is 20.7. The molecule has 0 amide bonds. The van der Waals surface area contributed by atoms with Crippen molar-refractivity contribution >= 4 is 21.9 Å². The second-order valence-corrected chi connectivity index (χ2v) is 15.4. The highest BCUT2D eigenvalue weighted by molar-refractivity contribution is 6.14. The molecule has 0 aliphatic rings. The predicted molar refractivity (Wildman–Crippen MR) is 254 cm³/mol. The minimum atomic E-state index is 0.690. The van der Waals surface area contributed by atoms with Crippen molar-refractivity contribution < 1.29 is 0 Å². The van der Waals surface area contributed by atoms with Crippen LogP contribution in [0, 0.1) is 0 Å². The molecule has 9 aromatic carbocycles. The van der Waals surface area contributed by atoms with E-state index >= 15 is 0 Å². The largest absolute Gasteiger partial charge is 0.294 e. The Labute approximate surface area is 355 Å². The van der Waals surface area contributed by atoms with E-state index in [1.54, 1.807) is 0 Å². The molecule has 61 heavy (non-hydrogen) atoms. The Morgan fingerprint density at radius 1 is 0.279 bits per heavy atom. The quantitative estimate of drug-likeness (QED) is 0.154. The molecule has 3 heteroatoms. The Balaban J connectivity index is 0.963. The summed E-state index contributed by atoms with van der Waals surface area (Å²) < 4.78 is 2.26. The molecule has 11 rings (SSSR count). The number of hydrogen-bond acceptors (Lipinski definition) is 2. The first-order valence-electron chi connectivity index (χ1n) is 20.7. The summed E-state index contributed by atoms with van der Waals surface area (Å²) in [5.41, 5.74) is 17.8. The first-order chi connectivity index (χ1) is 30.2. The van der Waals surface area contributed by atoms with Crippen molar-refractivity contribution in [3.8, 4) is 84.0 Å². The van der Waals surface area contributed by atoms with Crippen LogP contribution in [0.3, 0.4) is 0 Å². The van der Waals surface area contributed by atoms with Gasteiger partial charge >= 0.3 is 0 Å². The standard InChI is InChI=1S/C58H39N3/c1-5-17-40(18-6-1)49-37-50(41-19-7-2-8-20-41)39-51(38-49)48-26-16-25-47(36-48)46-24-15-23-45(35-46)42-31-33-44(34-32-42)57-59-56(43-21-9-3-10-22-43)55-53-29-13-14-30-54(53)61(58(55)60-57)52-27-11-4-12-28-52/h1-39H. The van der Waals surface area contributed by atoms with Gasteiger partial charge in [-0.3, -0.25) is 4.57 Å². The average Bonchev–Trinajstić information content (AvgIpc) is 3.69.